The summed E-state index contributed by atoms with van der Waals surface area (Å²) in [5.74, 6) is -0.00569. The lowest BCUT2D eigenvalue weighted by molar-refractivity contribution is 0.143. The SMILES string of the molecule is CNCC1(CN(C)c2ccc(OC)c(F)c2)CCC1. The zero-order valence-electron chi connectivity index (χ0n) is 12.0. The molecule has 1 aromatic rings. The minimum Gasteiger partial charge on any atom is -0.494 e. The molecule has 1 N–H and O–H groups in total. The molecule has 0 heterocycles. The first kappa shape index (κ1) is 14.1. The molecule has 0 saturated heterocycles. The topological polar surface area (TPSA) is 24.5 Å². The van der Waals surface area contributed by atoms with E-state index in [9.17, 15) is 4.39 Å². The molecular weight excluding hydrogens is 243 g/mol. The zero-order valence-corrected chi connectivity index (χ0v) is 12.0. The van der Waals surface area contributed by atoms with Gasteiger partial charge in [-0.3, -0.25) is 0 Å². The molecule has 106 valence electrons. The normalized spacial score (nSPS) is 16.8. The van der Waals surface area contributed by atoms with Crippen LogP contribution in [0, 0.1) is 11.2 Å². The van der Waals surface area contributed by atoms with Crippen LogP contribution in [0.5, 0.6) is 5.75 Å². The summed E-state index contributed by atoms with van der Waals surface area (Å²) in [6.07, 6.45) is 3.79. The van der Waals surface area contributed by atoms with Gasteiger partial charge in [0.1, 0.15) is 0 Å². The minimum atomic E-state index is -0.303. The van der Waals surface area contributed by atoms with Gasteiger partial charge >= 0.3 is 0 Å². The highest BCUT2D eigenvalue weighted by molar-refractivity contribution is 5.49. The monoisotopic (exact) mass is 266 g/mol. The average Bonchev–Trinajstić information content (AvgIpc) is 2.36. The first-order chi connectivity index (χ1) is 9.10. The van der Waals surface area contributed by atoms with Crippen LogP contribution in [-0.2, 0) is 0 Å². The Labute approximate surface area is 114 Å². The van der Waals surface area contributed by atoms with E-state index >= 15 is 0 Å². The molecule has 1 saturated carbocycles. The molecule has 1 aromatic carbocycles. The Morgan fingerprint density at radius 1 is 1.42 bits per heavy atom. The molecule has 0 bridgehead atoms. The Bertz CT molecular complexity index is 432. The standard InChI is InChI=1S/C15H23FN2O/c1-17-10-15(7-4-8-15)11-18(2)12-5-6-14(19-3)13(16)9-12/h5-6,9,17H,4,7-8,10-11H2,1-3H3. The summed E-state index contributed by atoms with van der Waals surface area (Å²) >= 11 is 0. The van der Waals surface area contributed by atoms with Crippen LogP contribution in [0.1, 0.15) is 19.3 Å². The lowest BCUT2D eigenvalue weighted by Crippen LogP contribution is -2.47. The van der Waals surface area contributed by atoms with Crippen molar-refractivity contribution in [1.82, 2.24) is 5.32 Å². The number of ether oxygens (including phenoxy) is 1. The molecule has 0 atom stereocenters. The van der Waals surface area contributed by atoms with Crippen molar-refractivity contribution in [3.05, 3.63) is 24.0 Å². The maximum atomic E-state index is 13.7. The smallest absolute Gasteiger partial charge is 0.167 e. The number of halogens is 1. The van der Waals surface area contributed by atoms with Gasteiger partial charge in [-0.25, -0.2) is 4.39 Å². The van der Waals surface area contributed by atoms with Gasteiger partial charge in [0.15, 0.2) is 11.6 Å². The van der Waals surface area contributed by atoms with Crippen LogP contribution in [0.4, 0.5) is 10.1 Å². The fraction of sp³-hybridized carbons (Fsp3) is 0.600. The van der Waals surface area contributed by atoms with Gasteiger partial charge in [-0.1, -0.05) is 6.42 Å². The first-order valence-electron chi connectivity index (χ1n) is 6.79. The summed E-state index contributed by atoms with van der Waals surface area (Å²) in [5.41, 5.74) is 1.25. The highest BCUT2D eigenvalue weighted by Gasteiger charge is 2.37. The van der Waals surface area contributed by atoms with Crippen molar-refractivity contribution in [2.45, 2.75) is 19.3 Å². The largest absolute Gasteiger partial charge is 0.494 e. The van der Waals surface area contributed by atoms with Crippen LogP contribution in [-0.4, -0.2) is 34.3 Å². The zero-order chi connectivity index (χ0) is 13.9. The van der Waals surface area contributed by atoms with Crippen LogP contribution >= 0.6 is 0 Å². The predicted octanol–water partition coefficient (Wildman–Crippen LogP) is 2.66. The second-order valence-electron chi connectivity index (χ2n) is 5.56. The summed E-state index contributed by atoms with van der Waals surface area (Å²) in [5, 5.41) is 3.28. The van der Waals surface area contributed by atoms with E-state index < -0.39 is 0 Å². The third-order valence-corrected chi connectivity index (χ3v) is 4.11. The van der Waals surface area contributed by atoms with E-state index in [-0.39, 0.29) is 5.82 Å². The van der Waals surface area contributed by atoms with Crippen molar-refractivity contribution in [1.29, 1.82) is 0 Å². The van der Waals surface area contributed by atoms with Crippen molar-refractivity contribution in [2.24, 2.45) is 5.41 Å². The number of nitrogens with zero attached hydrogens (tertiary/aromatic N) is 1. The number of methoxy groups -OCH3 is 1. The lowest BCUT2D eigenvalue weighted by atomic mass is 9.68. The molecule has 0 unspecified atom stereocenters. The van der Waals surface area contributed by atoms with E-state index in [1.54, 1.807) is 12.1 Å². The Kier molecular flexibility index (Phi) is 4.30. The average molecular weight is 266 g/mol. The van der Waals surface area contributed by atoms with Crippen LogP contribution in [0.15, 0.2) is 18.2 Å². The molecular formula is C15H23FN2O. The Balaban J connectivity index is 2.07. The van der Waals surface area contributed by atoms with Crippen molar-refractivity contribution < 1.29 is 9.13 Å². The van der Waals surface area contributed by atoms with E-state index in [1.807, 2.05) is 20.2 Å². The quantitative estimate of drug-likeness (QED) is 0.856. The summed E-state index contributed by atoms with van der Waals surface area (Å²) in [6, 6.07) is 5.14. The molecule has 1 aliphatic carbocycles. The molecule has 19 heavy (non-hydrogen) atoms. The Morgan fingerprint density at radius 2 is 2.16 bits per heavy atom. The number of hydrogen-bond acceptors (Lipinski definition) is 3. The molecule has 0 spiro atoms. The van der Waals surface area contributed by atoms with Crippen LogP contribution < -0.4 is 15.0 Å². The second kappa shape index (κ2) is 5.78. The maximum absolute atomic E-state index is 13.7. The van der Waals surface area contributed by atoms with Gasteiger partial charge in [0.2, 0.25) is 0 Å². The molecule has 0 amide bonds. The molecule has 0 aliphatic heterocycles. The summed E-state index contributed by atoms with van der Waals surface area (Å²) in [7, 11) is 5.50. The van der Waals surface area contributed by atoms with Crippen LogP contribution in [0.25, 0.3) is 0 Å². The Hall–Kier alpha value is -1.29. The molecule has 2 rings (SSSR count). The van der Waals surface area contributed by atoms with E-state index in [0.717, 1.165) is 18.8 Å². The highest BCUT2D eigenvalue weighted by Crippen LogP contribution is 2.41. The molecule has 0 aromatic heterocycles. The van der Waals surface area contributed by atoms with E-state index in [1.165, 1.54) is 26.4 Å². The number of rotatable bonds is 6. The molecule has 1 fully saturated rings. The van der Waals surface area contributed by atoms with Crippen LogP contribution in [0.2, 0.25) is 0 Å². The van der Waals surface area contributed by atoms with Crippen LogP contribution in [0.3, 0.4) is 0 Å². The van der Waals surface area contributed by atoms with Gasteiger partial charge in [-0.2, -0.15) is 0 Å². The van der Waals surface area contributed by atoms with Gasteiger partial charge < -0.3 is 15.0 Å². The minimum absolute atomic E-state index is 0.297. The lowest BCUT2D eigenvalue weighted by Gasteiger charge is -2.45. The second-order valence-corrected chi connectivity index (χ2v) is 5.56. The van der Waals surface area contributed by atoms with Gasteiger partial charge in [-0.15, -0.1) is 0 Å². The number of nitrogens with one attached hydrogen (secondary N) is 1. The third kappa shape index (κ3) is 3.00. The predicted molar refractivity (Wildman–Crippen MR) is 76.4 cm³/mol. The summed E-state index contributed by atoms with van der Waals surface area (Å²) in [4.78, 5) is 2.14. The third-order valence-electron chi connectivity index (χ3n) is 4.11. The Morgan fingerprint density at radius 3 is 2.63 bits per heavy atom. The molecule has 1 aliphatic rings. The van der Waals surface area contributed by atoms with E-state index in [0.29, 0.717) is 11.2 Å². The molecule has 4 heteroatoms. The van der Waals surface area contributed by atoms with Gasteiger partial charge in [0, 0.05) is 37.3 Å². The number of benzene rings is 1. The fourth-order valence-electron chi connectivity index (χ4n) is 2.93. The first-order valence-corrected chi connectivity index (χ1v) is 6.79. The fourth-order valence-corrected chi connectivity index (χ4v) is 2.93. The maximum Gasteiger partial charge on any atom is 0.167 e. The van der Waals surface area contributed by atoms with Crippen molar-refractivity contribution in [2.75, 3.05) is 39.2 Å². The molecule has 3 nitrogen and oxygen atoms in total. The summed E-state index contributed by atoms with van der Waals surface area (Å²) in [6.45, 7) is 1.98. The molecule has 0 radical (unpaired) electrons. The van der Waals surface area contributed by atoms with Crippen molar-refractivity contribution in [3.8, 4) is 5.75 Å². The highest BCUT2D eigenvalue weighted by atomic mass is 19.1. The summed E-state index contributed by atoms with van der Waals surface area (Å²) < 4.78 is 18.7. The number of anilines is 1. The van der Waals surface area contributed by atoms with Gasteiger partial charge in [0.05, 0.1) is 7.11 Å². The van der Waals surface area contributed by atoms with Gasteiger partial charge in [-0.05, 0) is 32.0 Å². The van der Waals surface area contributed by atoms with Crippen molar-refractivity contribution >= 4 is 5.69 Å². The number of hydrogen-bond donors (Lipinski definition) is 1. The van der Waals surface area contributed by atoms with Gasteiger partial charge in [0.25, 0.3) is 0 Å². The van der Waals surface area contributed by atoms with E-state index in [4.69, 9.17) is 4.74 Å². The van der Waals surface area contributed by atoms with Crippen molar-refractivity contribution in [3.63, 3.8) is 0 Å². The van der Waals surface area contributed by atoms with E-state index in [2.05, 4.69) is 10.2 Å².